The minimum atomic E-state index is -0.495. The van der Waals surface area contributed by atoms with Crippen molar-refractivity contribution < 1.29 is 14.3 Å². The van der Waals surface area contributed by atoms with E-state index in [1.807, 2.05) is 13.8 Å². The number of cyclic esters (lactones) is 1. The minimum absolute atomic E-state index is 0.0834. The van der Waals surface area contributed by atoms with Crippen LogP contribution in [0.15, 0.2) is 0 Å². The van der Waals surface area contributed by atoms with Crippen molar-refractivity contribution in [2.75, 3.05) is 6.61 Å². The van der Waals surface area contributed by atoms with Crippen LogP contribution in [-0.2, 0) is 9.53 Å². The van der Waals surface area contributed by atoms with Gasteiger partial charge in [0.2, 0.25) is 5.91 Å². The second kappa shape index (κ2) is 3.77. The van der Waals surface area contributed by atoms with Gasteiger partial charge in [0.1, 0.15) is 6.61 Å². The van der Waals surface area contributed by atoms with Gasteiger partial charge in [0.05, 0.1) is 6.04 Å². The highest BCUT2D eigenvalue weighted by atomic mass is 16.6. The topological polar surface area (TPSA) is 46.6 Å². The van der Waals surface area contributed by atoms with Crippen LogP contribution in [0.25, 0.3) is 0 Å². The molecule has 4 nitrogen and oxygen atoms in total. The summed E-state index contributed by atoms with van der Waals surface area (Å²) in [5, 5.41) is 0. The smallest absolute Gasteiger partial charge is 0.416 e. The third-order valence-corrected chi connectivity index (χ3v) is 2.25. The van der Waals surface area contributed by atoms with Gasteiger partial charge in [-0.25, -0.2) is 9.69 Å². The van der Waals surface area contributed by atoms with Crippen molar-refractivity contribution in [2.45, 2.75) is 33.2 Å². The zero-order valence-corrected chi connectivity index (χ0v) is 8.24. The highest BCUT2D eigenvalue weighted by Crippen LogP contribution is 2.20. The van der Waals surface area contributed by atoms with Crippen molar-refractivity contribution in [1.82, 2.24) is 4.90 Å². The largest absolute Gasteiger partial charge is 0.447 e. The average molecular weight is 186 g/mol. The molecule has 1 unspecified atom stereocenters. The molecular weight excluding hydrogens is 171 g/mol. The summed E-state index contributed by atoms with van der Waals surface area (Å²) in [6.45, 7) is 6.03. The van der Waals surface area contributed by atoms with Gasteiger partial charge in [-0.3, -0.25) is 4.79 Å². The van der Waals surface area contributed by atoms with Crippen molar-refractivity contribution in [3.05, 3.63) is 0 Å². The predicted molar refractivity (Wildman–Crippen MR) is 47.1 cm³/mol. The molecule has 0 N–H and O–H groups in total. The van der Waals surface area contributed by atoms with Gasteiger partial charge in [-0.15, -0.1) is 0 Å². The molecule has 0 aliphatic carbocycles. The Hall–Kier alpha value is -1.06. The van der Waals surface area contributed by atoms with Gasteiger partial charge in [-0.05, 0) is 5.92 Å². The van der Waals surface area contributed by atoms with E-state index >= 15 is 0 Å². The first-order valence-corrected chi connectivity index (χ1v) is 4.56. The summed E-state index contributed by atoms with van der Waals surface area (Å²) in [6.07, 6.45) is -0.149. The Bertz CT molecular complexity index is 225. The highest BCUT2D eigenvalue weighted by Gasteiger charge is 2.38. The maximum atomic E-state index is 11.4. The van der Waals surface area contributed by atoms with Crippen LogP contribution in [0.4, 0.5) is 4.79 Å². The molecule has 1 saturated heterocycles. The quantitative estimate of drug-likeness (QED) is 0.612. The number of ether oxygens (including phenoxy) is 1. The number of nitrogens with zero attached hydrogens (tertiary/aromatic N) is 1. The second-order valence-electron chi connectivity index (χ2n) is 3.51. The number of amides is 2. The molecule has 4 heteroatoms. The van der Waals surface area contributed by atoms with Crippen LogP contribution in [0.2, 0.25) is 0 Å². The minimum Gasteiger partial charge on any atom is -0.447 e. The Morgan fingerprint density at radius 3 is 2.77 bits per heavy atom. The summed E-state index contributed by atoms with van der Waals surface area (Å²) in [6, 6.07) is -0.0834. The molecule has 0 saturated carbocycles. The molecular formula is C9H15NO3. The van der Waals surface area contributed by atoms with Crippen molar-refractivity contribution in [2.24, 2.45) is 5.92 Å². The number of hydrogen-bond donors (Lipinski definition) is 0. The Morgan fingerprint density at radius 2 is 2.31 bits per heavy atom. The van der Waals surface area contributed by atoms with E-state index in [-0.39, 0.29) is 17.9 Å². The number of carbonyl (C=O) groups excluding carboxylic acids is 2. The summed E-state index contributed by atoms with van der Waals surface area (Å²) >= 11 is 0. The van der Waals surface area contributed by atoms with Gasteiger partial charge in [-0.1, -0.05) is 20.8 Å². The van der Waals surface area contributed by atoms with Crippen molar-refractivity contribution >= 4 is 12.0 Å². The molecule has 1 rings (SSSR count). The third-order valence-electron chi connectivity index (χ3n) is 2.25. The van der Waals surface area contributed by atoms with Crippen molar-refractivity contribution in [3.63, 3.8) is 0 Å². The molecule has 0 radical (unpaired) electrons. The Kier molecular flexibility index (Phi) is 2.90. The zero-order chi connectivity index (χ0) is 10.0. The molecule has 1 aliphatic heterocycles. The molecule has 0 aromatic rings. The maximum Gasteiger partial charge on any atom is 0.416 e. The van der Waals surface area contributed by atoms with E-state index in [4.69, 9.17) is 4.74 Å². The zero-order valence-electron chi connectivity index (χ0n) is 8.24. The number of hydrogen-bond acceptors (Lipinski definition) is 3. The van der Waals surface area contributed by atoms with E-state index in [9.17, 15) is 9.59 Å². The Balaban J connectivity index is 2.77. The van der Waals surface area contributed by atoms with Crippen molar-refractivity contribution in [1.29, 1.82) is 0 Å². The fraction of sp³-hybridized carbons (Fsp3) is 0.778. The fourth-order valence-corrected chi connectivity index (χ4v) is 1.38. The fourth-order valence-electron chi connectivity index (χ4n) is 1.38. The van der Waals surface area contributed by atoms with E-state index in [2.05, 4.69) is 0 Å². The average Bonchev–Trinajstić information content (AvgIpc) is 2.46. The summed E-state index contributed by atoms with van der Waals surface area (Å²) in [5.74, 6) is 0.100. The second-order valence-corrected chi connectivity index (χ2v) is 3.51. The molecule has 1 fully saturated rings. The van der Waals surface area contributed by atoms with Gasteiger partial charge in [0, 0.05) is 6.42 Å². The van der Waals surface area contributed by atoms with E-state index < -0.39 is 6.09 Å². The number of carbonyl (C=O) groups is 2. The molecule has 0 aromatic carbocycles. The van der Waals surface area contributed by atoms with Crippen LogP contribution in [0.3, 0.4) is 0 Å². The molecule has 1 aliphatic rings. The van der Waals surface area contributed by atoms with E-state index in [0.29, 0.717) is 13.0 Å². The standard InChI is InChI=1S/C9H15NO3/c1-4-8(11)10-7(6(2)3)5-13-9(10)12/h6-7H,4-5H2,1-3H3/i1+1. The lowest BCUT2D eigenvalue weighted by Gasteiger charge is -2.21. The Morgan fingerprint density at radius 1 is 1.69 bits per heavy atom. The van der Waals surface area contributed by atoms with Gasteiger partial charge >= 0.3 is 6.09 Å². The Labute approximate surface area is 77.8 Å². The van der Waals surface area contributed by atoms with Crippen LogP contribution < -0.4 is 0 Å². The van der Waals surface area contributed by atoms with Crippen LogP contribution in [0, 0.1) is 5.92 Å². The molecule has 74 valence electrons. The summed E-state index contributed by atoms with van der Waals surface area (Å²) in [4.78, 5) is 23.8. The normalized spacial score (nSPS) is 22.3. The van der Waals surface area contributed by atoms with Gasteiger partial charge < -0.3 is 4.74 Å². The van der Waals surface area contributed by atoms with Crippen LogP contribution in [-0.4, -0.2) is 29.5 Å². The molecule has 1 heterocycles. The van der Waals surface area contributed by atoms with Crippen LogP contribution in [0.1, 0.15) is 27.2 Å². The van der Waals surface area contributed by atoms with Gasteiger partial charge in [0.15, 0.2) is 0 Å². The predicted octanol–water partition coefficient (Wildman–Crippen LogP) is 1.40. The first-order chi connectivity index (χ1) is 6.07. The van der Waals surface area contributed by atoms with E-state index in [1.165, 1.54) is 4.90 Å². The first-order valence-electron chi connectivity index (χ1n) is 4.56. The monoisotopic (exact) mass is 186 g/mol. The van der Waals surface area contributed by atoms with Crippen molar-refractivity contribution in [3.8, 4) is 0 Å². The summed E-state index contributed by atoms with van der Waals surface area (Å²) in [5.41, 5.74) is 0. The first kappa shape index (κ1) is 10.0. The number of rotatable bonds is 2. The molecule has 1 atom stereocenters. The molecule has 0 aromatic heterocycles. The lowest BCUT2D eigenvalue weighted by Crippen LogP contribution is -2.41. The van der Waals surface area contributed by atoms with Crippen LogP contribution in [0.5, 0.6) is 0 Å². The highest BCUT2D eigenvalue weighted by molar-refractivity contribution is 5.93. The van der Waals surface area contributed by atoms with E-state index in [0.717, 1.165) is 0 Å². The lowest BCUT2D eigenvalue weighted by atomic mass is 10.0. The third kappa shape index (κ3) is 1.82. The lowest BCUT2D eigenvalue weighted by molar-refractivity contribution is -0.129. The molecule has 0 bridgehead atoms. The van der Waals surface area contributed by atoms with E-state index in [1.54, 1.807) is 6.92 Å². The van der Waals surface area contributed by atoms with Crippen LogP contribution >= 0.6 is 0 Å². The van der Waals surface area contributed by atoms with Gasteiger partial charge in [-0.2, -0.15) is 0 Å². The number of imide groups is 1. The van der Waals surface area contributed by atoms with Gasteiger partial charge in [0.25, 0.3) is 0 Å². The maximum absolute atomic E-state index is 11.4. The SMILES string of the molecule is CC(C)C1COC(=O)N1C(=O)C[13CH3]. The molecule has 2 amide bonds. The molecule has 0 spiro atoms. The molecule has 13 heavy (non-hydrogen) atoms. The summed E-state index contributed by atoms with van der Waals surface area (Å²) < 4.78 is 4.83. The summed E-state index contributed by atoms with van der Waals surface area (Å²) in [7, 11) is 0.